The Morgan fingerprint density at radius 1 is 1.83 bits per heavy atom. The van der Waals surface area contributed by atoms with Crippen LogP contribution in [0.1, 0.15) is 6.42 Å². The minimum absolute atomic E-state index is 0. The molecule has 0 spiro atoms. The van der Waals surface area contributed by atoms with Crippen molar-refractivity contribution in [2.24, 2.45) is 0 Å². The molecule has 0 unspecified atom stereocenters. The maximum Gasteiger partial charge on any atom is 0.303 e. The van der Waals surface area contributed by atoms with Crippen LogP contribution in [0.3, 0.4) is 0 Å². The standard InChI is InChI=1S/C3H5O2.Zr/c1-2-3(4)5;/h1-2H2,(H,4,5);. The average Bonchev–Trinajstić information content (AvgIpc) is 1.38. The third-order valence-electron chi connectivity index (χ3n) is 0.214. The van der Waals surface area contributed by atoms with Crippen molar-refractivity contribution in [3.8, 4) is 0 Å². The van der Waals surface area contributed by atoms with Gasteiger partial charge in [-0.25, -0.2) is 0 Å². The second-order valence-corrected chi connectivity index (χ2v) is 0.644. The number of rotatable bonds is 1. The Morgan fingerprint density at radius 2 is 2.00 bits per heavy atom. The molecule has 0 rings (SSSR count). The number of hydrogen-bond acceptors (Lipinski definition) is 1. The van der Waals surface area contributed by atoms with Crippen molar-refractivity contribution < 1.29 is 36.1 Å². The fourth-order valence-corrected chi connectivity index (χ4v) is 0. The van der Waals surface area contributed by atoms with Gasteiger partial charge in [-0.15, -0.1) is 0 Å². The molecule has 0 heterocycles. The van der Waals surface area contributed by atoms with E-state index in [9.17, 15) is 4.79 Å². The van der Waals surface area contributed by atoms with Crippen molar-refractivity contribution in [1.82, 2.24) is 0 Å². The normalized spacial score (nSPS) is 6.17. The molecule has 0 aromatic rings. The van der Waals surface area contributed by atoms with Gasteiger partial charge in [0.1, 0.15) is 0 Å². The van der Waals surface area contributed by atoms with Crippen LogP contribution in [0.15, 0.2) is 0 Å². The predicted molar refractivity (Wildman–Crippen MR) is 17.6 cm³/mol. The summed E-state index contributed by atoms with van der Waals surface area (Å²) in [5, 5.41) is 7.66. The van der Waals surface area contributed by atoms with Crippen molar-refractivity contribution in [2.75, 3.05) is 0 Å². The summed E-state index contributed by atoms with van der Waals surface area (Å²) in [4.78, 5) is 9.31. The van der Waals surface area contributed by atoms with Crippen LogP contribution in [0.25, 0.3) is 0 Å². The van der Waals surface area contributed by atoms with Gasteiger partial charge in [-0.3, -0.25) is 4.79 Å². The molecule has 6 heavy (non-hydrogen) atoms. The monoisotopic (exact) mass is 163 g/mol. The molecule has 0 fully saturated rings. The fourth-order valence-electron chi connectivity index (χ4n) is 0. The quantitative estimate of drug-likeness (QED) is 0.605. The first kappa shape index (κ1) is 9.61. The summed E-state index contributed by atoms with van der Waals surface area (Å²) in [6, 6.07) is 0. The molecular weight excluding hydrogens is 159 g/mol. The Hall–Kier alpha value is 0.353. The zero-order valence-corrected chi connectivity index (χ0v) is 5.73. The van der Waals surface area contributed by atoms with E-state index >= 15 is 0 Å². The van der Waals surface area contributed by atoms with Crippen LogP contribution in [-0.4, -0.2) is 11.1 Å². The summed E-state index contributed by atoms with van der Waals surface area (Å²) in [6.07, 6.45) is -0.0278. The molecule has 0 bridgehead atoms. The van der Waals surface area contributed by atoms with Gasteiger partial charge in [0.05, 0.1) is 0 Å². The number of hydrogen-bond donors (Lipinski definition) is 1. The summed E-state index contributed by atoms with van der Waals surface area (Å²) in [5.41, 5.74) is 0. The van der Waals surface area contributed by atoms with E-state index in [-0.39, 0.29) is 32.6 Å². The molecule has 1 radical (unpaired) electrons. The number of carboxylic acid groups (broad SMARTS) is 1. The van der Waals surface area contributed by atoms with Crippen molar-refractivity contribution in [1.29, 1.82) is 0 Å². The molecule has 0 aromatic carbocycles. The molecule has 0 saturated heterocycles. The Morgan fingerprint density at radius 3 is 2.00 bits per heavy atom. The molecule has 33 valence electrons. The first-order chi connectivity index (χ1) is 2.27. The van der Waals surface area contributed by atoms with E-state index < -0.39 is 5.97 Å². The zero-order valence-electron chi connectivity index (χ0n) is 3.27. The zero-order chi connectivity index (χ0) is 4.28. The Balaban J connectivity index is 0. The molecule has 0 aliphatic carbocycles. The van der Waals surface area contributed by atoms with Gasteiger partial charge in [0, 0.05) is 32.6 Å². The SMILES string of the molecule is [CH2]CC(=O)O.[Zr]. The molecule has 0 atom stereocenters. The molecule has 2 nitrogen and oxygen atoms in total. The Bertz CT molecular complexity index is 44.1. The maximum absolute atomic E-state index is 9.31. The molecule has 0 aliphatic heterocycles. The fraction of sp³-hybridized carbons (Fsp3) is 0.333. The second-order valence-electron chi connectivity index (χ2n) is 0.644. The van der Waals surface area contributed by atoms with Crippen molar-refractivity contribution in [3.05, 3.63) is 6.92 Å². The Labute approximate surface area is 55.7 Å². The number of aliphatic carboxylic acids is 1. The van der Waals surface area contributed by atoms with Gasteiger partial charge in [0.15, 0.2) is 0 Å². The van der Waals surface area contributed by atoms with Crippen LogP contribution >= 0.6 is 0 Å². The minimum atomic E-state index is -0.856. The van der Waals surface area contributed by atoms with E-state index in [1.807, 2.05) is 0 Å². The summed E-state index contributed by atoms with van der Waals surface area (Å²) < 4.78 is 0. The summed E-state index contributed by atoms with van der Waals surface area (Å²) in [6.45, 7) is 3.09. The van der Waals surface area contributed by atoms with Crippen LogP contribution in [0, 0.1) is 6.92 Å². The Kier molecular flexibility index (Phi) is 8.57. The molecule has 0 aliphatic rings. The summed E-state index contributed by atoms with van der Waals surface area (Å²) in [5.74, 6) is -0.856. The molecule has 0 saturated carbocycles. The third kappa shape index (κ3) is 8.84. The number of carbonyl (C=O) groups is 1. The summed E-state index contributed by atoms with van der Waals surface area (Å²) in [7, 11) is 0. The van der Waals surface area contributed by atoms with Crippen molar-refractivity contribution in [2.45, 2.75) is 6.42 Å². The van der Waals surface area contributed by atoms with Crippen molar-refractivity contribution in [3.63, 3.8) is 0 Å². The van der Waals surface area contributed by atoms with Gasteiger partial charge >= 0.3 is 5.97 Å². The van der Waals surface area contributed by atoms with Crippen molar-refractivity contribution >= 4 is 5.97 Å². The molecule has 1 N–H and O–H groups in total. The smallest absolute Gasteiger partial charge is 0.303 e. The van der Waals surface area contributed by atoms with E-state index in [2.05, 4.69) is 6.92 Å². The van der Waals surface area contributed by atoms with E-state index in [4.69, 9.17) is 5.11 Å². The third-order valence-corrected chi connectivity index (χ3v) is 0.214. The van der Waals surface area contributed by atoms with Crippen LogP contribution in [0.2, 0.25) is 0 Å². The molecule has 0 aromatic heterocycles. The maximum atomic E-state index is 9.31. The van der Waals surface area contributed by atoms with Crippen LogP contribution in [0.4, 0.5) is 0 Å². The topological polar surface area (TPSA) is 37.3 Å². The van der Waals surface area contributed by atoms with Crippen LogP contribution in [-0.2, 0) is 31.0 Å². The van der Waals surface area contributed by atoms with E-state index in [0.29, 0.717) is 0 Å². The average molecular weight is 164 g/mol. The largest absolute Gasteiger partial charge is 0.481 e. The second kappa shape index (κ2) is 5.35. The van der Waals surface area contributed by atoms with E-state index in [1.54, 1.807) is 0 Å². The van der Waals surface area contributed by atoms with Gasteiger partial charge in [-0.1, -0.05) is 0 Å². The molecule has 3 heteroatoms. The first-order valence-corrected chi connectivity index (χ1v) is 1.28. The summed E-state index contributed by atoms with van der Waals surface area (Å²) >= 11 is 0. The predicted octanol–water partition coefficient (Wildman–Crippen LogP) is 0.293. The van der Waals surface area contributed by atoms with E-state index in [1.165, 1.54) is 0 Å². The number of carboxylic acids is 1. The van der Waals surface area contributed by atoms with Gasteiger partial charge in [-0.2, -0.15) is 0 Å². The minimum Gasteiger partial charge on any atom is -0.481 e. The molecular formula is C3H5O2Zr. The van der Waals surface area contributed by atoms with Gasteiger partial charge in [-0.05, 0) is 6.92 Å². The van der Waals surface area contributed by atoms with E-state index in [0.717, 1.165) is 0 Å². The first-order valence-electron chi connectivity index (χ1n) is 1.28. The van der Waals surface area contributed by atoms with Gasteiger partial charge < -0.3 is 5.11 Å². The van der Waals surface area contributed by atoms with Crippen LogP contribution in [0.5, 0.6) is 0 Å². The van der Waals surface area contributed by atoms with Gasteiger partial charge in [0.2, 0.25) is 0 Å². The van der Waals surface area contributed by atoms with Gasteiger partial charge in [0.25, 0.3) is 0 Å². The van der Waals surface area contributed by atoms with Crippen LogP contribution < -0.4 is 0 Å². The molecule has 0 amide bonds.